The van der Waals surface area contributed by atoms with E-state index in [0.29, 0.717) is 30.4 Å². The molecule has 32 heavy (non-hydrogen) atoms. The topological polar surface area (TPSA) is 140 Å². The van der Waals surface area contributed by atoms with Crippen LogP contribution in [0, 0.1) is 0 Å². The van der Waals surface area contributed by atoms with Gasteiger partial charge in [0, 0.05) is 30.8 Å². The summed E-state index contributed by atoms with van der Waals surface area (Å²) < 4.78 is 64.8. The standard InChI is InChI=1S/C20H25N3O7S2/c1-14(2)23-32(27,28)16-5-3-15(4-6-16)22-20(24)9-10-21-31(25,26)17-7-8-18-19(13-17)30-12-11-29-18/h3-8,13-14,21,23H,9-12H2,1-2H3,(H,22,24). The highest BCUT2D eigenvalue weighted by Crippen LogP contribution is 2.32. The highest BCUT2D eigenvalue weighted by molar-refractivity contribution is 7.89. The van der Waals surface area contributed by atoms with E-state index < -0.39 is 26.0 Å². The van der Waals surface area contributed by atoms with E-state index in [9.17, 15) is 21.6 Å². The summed E-state index contributed by atoms with van der Waals surface area (Å²) in [7, 11) is -7.46. The zero-order valence-corrected chi connectivity index (χ0v) is 19.3. The molecule has 0 spiro atoms. The van der Waals surface area contributed by atoms with Gasteiger partial charge in [-0.05, 0) is 50.2 Å². The molecule has 0 aliphatic carbocycles. The maximum Gasteiger partial charge on any atom is 0.240 e. The summed E-state index contributed by atoms with van der Waals surface area (Å²) in [4.78, 5) is 12.2. The van der Waals surface area contributed by atoms with Crippen LogP contribution in [-0.4, -0.2) is 48.5 Å². The van der Waals surface area contributed by atoms with Gasteiger partial charge in [0.05, 0.1) is 9.79 Å². The molecule has 0 aromatic heterocycles. The molecule has 1 aliphatic heterocycles. The highest BCUT2D eigenvalue weighted by atomic mass is 32.2. The van der Waals surface area contributed by atoms with Gasteiger partial charge in [0.25, 0.3) is 0 Å². The lowest BCUT2D eigenvalue weighted by Gasteiger charge is -2.18. The predicted octanol–water partition coefficient (Wildman–Crippen LogP) is 1.45. The quantitative estimate of drug-likeness (QED) is 0.490. The van der Waals surface area contributed by atoms with E-state index in [1.807, 2.05) is 0 Å². The fourth-order valence-electron chi connectivity index (χ4n) is 2.89. The number of amides is 1. The second-order valence-electron chi connectivity index (χ2n) is 7.30. The SMILES string of the molecule is CC(C)NS(=O)(=O)c1ccc(NC(=O)CCNS(=O)(=O)c2ccc3c(c2)OCCO3)cc1. The molecule has 2 aromatic carbocycles. The number of carbonyl (C=O) groups is 1. The fourth-order valence-corrected chi connectivity index (χ4v) is 5.19. The van der Waals surface area contributed by atoms with Crippen LogP contribution in [0.1, 0.15) is 20.3 Å². The number of hydrogen-bond donors (Lipinski definition) is 3. The molecule has 3 N–H and O–H groups in total. The summed E-state index contributed by atoms with van der Waals surface area (Å²) in [6.45, 7) is 4.06. The minimum atomic E-state index is -3.83. The Morgan fingerprint density at radius 3 is 2.19 bits per heavy atom. The maximum absolute atomic E-state index is 12.5. The van der Waals surface area contributed by atoms with E-state index in [4.69, 9.17) is 9.47 Å². The molecule has 1 heterocycles. The van der Waals surface area contributed by atoms with E-state index in [-0.39, 0.29) is 28.8 Å². The van der Waals surface area contributed by atoms with Crippen molar-refractivity contribution in [3.8, 4) is 11.5 Å². The van der Waals surface area contributed by atoms with E-state index in [1.54, 1.807) is 13.8 Å². The van der Waals surface area contributed by atoms with Crippen molar-refractivity contribution in [2.45, 2.75) is 36.1 Å². The summed E-state index contributed by atoms with van der Waals surface area (Å²) in [5.74, 6) is 0.407. The first-order valence-corrected chi connectivity index (χ1v) is 12.8. The maximum atomic E-state index is 12.5. The zero-order valence-electron chi connectivity index (χ0n) is 17.6. The Kier molecular flexibility index (Phi) is 7.39. The lowest BCUT2D eigenvalue weighted by atomic mass is 10.3. The van der Waals surface area contributed by atoms with Crippen LogP contribution in [0.25, 0.3) is 0 Å². The Balaban J connectivity index is 1.53. The van der Waals surface area contributed by atoms with E-state index in [2.05, 4.69) is 14.8 Å². The average molecular weight is 484 g/mol. The van der Waals surface area contributed by atoms with Crippen molar-refractivity contribution in [3.05, 3.63) is 42.5 Å². The predicted molar refractivity (Wildman–Crippen MR) is 118 cm³/mol. The second kappa shape index (κ2) is 9.86. The molecule has 1 aliphatic rings. The number of benzene rings is 2. The number of hydrogen-bond acceptors (Lipinski definition) is 7. The zero-order chi connectivity index (χ0) is 23.4. The Hall–Kier alpha value is -2.67. The smallest absolute Gasteiger partial charge is 0.240 e. The van der Waals surface area contributed by atoms with Crippen molar-refractivity contribution in [2.75, 3.05) is 25.1 Å². The minimum absolute atomic E-state index is 0.00830. The van der Waals surface area contributed by atoms with Crippen molar-refractivity contribution in [3.63, 3.8) is 0 Å². The number of carbonyl (C=O) groups excluding carboxylic acids is 1. The van der Waals surface area contributed by atoms with Crippen LogP contribution in [0.5, 0.6) is 11.5 Å². The minimum Gasteiger partial charge on any atom is -0.486 e. The lowest BCUT2D eigenvalue weighted by Crippen LogP contribution is -2.30. The third kappa shape index (κ3) is 6.19. The van der Waals surface area contributed by atoms with Gasteiger partial charge in [0.2, 0.25) is 26.0 Å². The largest absolute Gasteiger partial charge is 0.486 e. The molecule has 1 amide bonds. The van der Waals surface area contributed by atoms with Gasteiger partial charge >= 0.3 is 0 Å². The van der Waals surface area contributed by atoms with Crippen molar-refractivity contribution < 1.29 is 31.1 Å². The molecule has 0 fully saturated rings. The fraction of sp³-hybridized carbons (Fsp3) is 0.350. The number of nitrogens with one attached hydrogen (secondary N) is 3. The van der Waals surface area contributed by atoms with Crippen LogP contribution in [0.15, 0.2) is 52.3 Å². The van der Waals surface area contributed by atoms with Crippen LogP contribution < -0.4 is 24.2 Å². The highest BCUT2D eigenvalue weighted by Gasteiger charge is 2.20. The third-order valence-corrected chi connectivity index (χ3v) is 7.44. The monoisotopic (exact) mass is 483 g/mol. The molecule has 0 bridgehead atoms. The van der Waals surface area contributed by atoms with Crippen molar-refractivity contribution >= 4 is 31.6 Å². The molecule has 174 valence electrons. The summed E-state index contributed by atoms with van der Waals surface area (Å²) in [5.41, 5.74) is 0.396. The number of sulfonamides is 2. The molecule has 0 radical (unpaired) electrons. The summed E-state index contributed by atoms with van der Waals surface area (Å²) in [6.07, 6.45) is -0.112. The van der Waals surface area contributed by atoms with Crippen molar-refractivity contribution in [1.29, 1.82) is 0 Å². The molecule has 10 nitrogen and oxygen atoms in total. The summed E-state index contributed by atoms with van der Waals surface area (Å²) in [5, 5.41) is 2.60. The van der Waals surface area contributed by atoms with Crippen molar-refractivity contribution in [2.24, 2.45) is 0 Å². The number of fused-ring (bicyclic) bond motifs is 1. The van der Waals surface area contributed by atoms with Gasteiger partial charge in [-0.25, -0.2) is 26.3 Å². The van der Waals surface area contributed by atoms with E-state index in [0.717, 1.165) is 0 Å². The molecule has 0 saturated carbocycles. The van der Waals surface area contributed by atoms with Crippen LogP contribution in [-0.2, 0) is 24.8 Å². The van der Waals surface area contributed by atoms with E-state index in [1.165, 1.54) is 42.5 Å². The van der Waals surface area contributed by atoms with Gasteiger partial charge in [-0.1, -0.05) is 0 Å². The van der Waals surface area contributed by atoms with E-state index >= 15 is 0 Å². The Labute approximate surface area is 187 Å². The first-order valence-electron chi connectivity index (χ1n) is 9.88. The van der Waals surface area contributed by atoms with Gasteiger partial charge in [0.15, 0.2) is 11.5 Å². The molecule has 3 rings (SSSR count). The average Bonchev–Trinajstić information content (AvgIpc) is 2.72. The normalized spacial score (nSPS) is 13.7. The van der Waals surface area contributed by atoms with Gasteiger partial charge in [-0.3, -0.25) is 4.79 Å². The molecular weight excluding hydrogens is 458 g/mol. The molecule has 12 heteroatoms. The van der Waals surface area contributed by atoms with Crippen molar-refractivity contribution in [1.82, 2.24) is 9.44 Å². The van der Waals surface area contributed by atoms with Gasteiger partial charge in [-0.2, -0.15) is 0 Å². The van der Waals surface area contributed by atoms with Crippen LogP contribution in [0.4, 0.5) is 5.69 Å². The van der Waals surface area contributed by atoms with Crippen LogP contribution in [0.2, 0.25) is 0 Å². The van der Waals surface area contributed by atoms with Gasteiger partial charge in [0.1, 0.15) is 13.2 Å². The molecule has 2 aromatic rings. The molecule has 0 unspecified atom stereocenters. The number of ether oxygens (including phenoxy) is 2. The van der Waals surface area contributed by atoms with Crippen LogP contribution >= 0.6 is 0 Å². The number of anilines is 1. The molecule has 0 atom stereocenters. The Morgan fingerprint density at radius 2 is 1.53 bits per heavy atom. The lowest BCUT2D eigenvalue weighted by molar-refractivity contribution is -0.116. The van der Waals surface area contributed by atoms with Crippen LogP contribution in [0.3, 0.4) is 0 Å². The third-order valence-electron chi connectivity index (χ3n) is 4.31. The number of rotatable bonds is 9. The Bertz CT molecular complexity index is 1180. The molecular formula is C20H25N3O7S2. The summed E-state index contributed by atoms with van der Waals surface area (Å²) in [6, 6.07) is 9.75. The summed E-state index contributed by atoms with van der Waals surface area (Å²) >= 11 is 0. The van der Waals surface area contributed by atoms with Gasteiger partial charge in [-0.15, -0.1) is 0 Å². The molecule has 0 saturated heterocycles. The van der Waals surface area contributed by atoms with Gasteiger partial charge < -0.3 is 14.8 Å². The first-order chi connectivity index (χ1) is 15.1. The Morgan fingerprint density at radius 1 is 0.906 bits per heavy atom. The second-order valence-corrected chi connectivity index (χ2v) is 10.8. The first kappa shape index (κ1) is 24.0.